The number of ether oxygens (including phenoxy) is 1. The summed E-state index contributed by atoms with van der Waals surface area (Å²) in [5.74, 6) is 0.344. The summed E-state index contributed by atoms with van der Waals surface area (Å²) in [5.41, 5.74) is 5.22. The molecule has 1 aliphatic heterocycles. The summed E-state index contributed by atoms with van der Waals surface area (Å²) in [5, 5.41) is -0.361. The predicted molar refractivity (Wildman–Crippen MR) is 53.5 cm³/mol. The standard InChI is InChI=1S/C10H9ClF3NO/c11-7-4-9-5(8(15)1-2-16-9)3-6(7)10(12,13)14/h3-4,8H,1-2,15H2. The Morgan fingerprint density at radius 3 is 2.69 bits per heavy atom. The van der Waals surface area contributed by atoms with E-state index in [1.54, 1.807) is 0 Å². The molecule has 1 aliphatic rings. The van der Waals surface area contributed by atoms with Crippen LogP contribution in [0.25, 0.3) is 0 Å². The SMILES string of the molecule is NC1CCOc2cc(Cl)c(C(F)(F)F)cc21. The minimum absolute atomic E-state index is 0.344. The minimum Gasteiger partial charge on any atom is -0.493 e. The van der Waals surface area contributed by atoms with Crippen LogP contribution in [0.2, 0.25) is 5.02 Å². The summed E-state index contributed by atoms with van der Waals surface area (Å²) < 4.78 is 42.9. The van der Waals surface area contributed by atoms with E-state index in [9.17, 15) is 13.2 Å². The Morgan fingerprint density at radius 2 is 2.06 bits per heavy atom. The van der Waals surface area contributed by atoms with Crippen LogP contribution in [0.15, 0.2) is 12.1 Å². The van der Waals surface area contributed by atoms with Crippen LogP contribution in [0.5, 0.6) is 5.75 Å². The molecule has 2 rings (SSSR count). The van der Waals surface area contributed by atoms with E-state index in [2.05, 4.69) is 0 Å². The number of alkyl halides is 3. The Hall–Kier alpha value is -0.940. The third-order valence-electron chi connectivity index (χ3n) is 2.49. The Labute approximate surface area is 95.1 Å². The highest BCUT2D eigenvalue weighted by molar-refractivity contribution is 6.31. The Kier molecular flexibility index (Phi) is 2.75. The largest absolute Gasteiger partial charge is 0.493 e. The molecule has 1 aromatic rings. The third kappa shape index (κ3) is 1.97. The zero-order valence-electron chi connectivity index (χ0n) is 8.14. The molecule has 0 fully saturated rings. The number of halogens is 4. The van der Waals surface area contributed by atoms with Crippen LogP contribution < -0.4 is 10.5 Å². The van der Waals surface area contributed by atoms with E-state index in [1.807, 2.05) is 0 Å². The van der Waals surface area contributed by atoms with Crippen molar-refractivity contribution in [1.29, 1.82) is 0 Å². The number of nitrogens with two attached hydrogens (primary N) is 1. The number of fused-ring (bicyclic) bond motifs is 1. The lowest BCUT2D eigenvalue weighted by Crippen LogP contribution is -2.21. The fourth-order valence-corrected chi connectivity index (χ4v) is 1.92. The van der Waals surface area contributed by atoms with Crippen LogP contribution in [0, 0.1) is 0 Å². The highest BCUT2D eigenvalue weighted by Crippen LogP contribution is 2.41. The first-order valence-electron chi connectivity index (χ1n) is 4.68. The van der Waals surface area contributed by atoms with Gasteiger partial charge in [-0.2, -0.15) is 13.2 Å². The molecule has 0 radical (unpaired) electrons. The second-order valence-electron chi connectivity index (χ2n) is 3.61. The van der Waals surface area contributed by atoms with Gasteiger partial charge >= 0.3 is 6.18 Å². The quantitative estimate of drug-likeness (QED) is 0.769. The molecule has 0 saturated carbocycles. The average Bonchev–Trinajstić information content (AvgIpc) is 2.15. The molecule has 0 aliphatic carbocycles. The molecule has 1 unspecified atom stereocenters. The van der Waals surface area contributed by atoms with Gasteiger partial charge in [0, 0.05) is 18.0 Å². The molecule has 0 saturated heterocycles. The highest BCUT2D eigenvalue weighted by atomic mass is 35.5. The summed E-state index contributed by atoms with van der Waals surface area (Å²) >= 11 is 5.55. The molecule has 2 nitrogen and oxygen atoms in total. The van der Waals surface area contributed by atoms with E-state index in [1.165, 1.54) is 6.07 Å². The Bertz CT molecular complexity index is 419. The van der Waals surface area contributed by atoms with Crippen molar-refractivity contribution < 1.29 is 17.9 Å². The molecule has 0 aromatic heterocycles. The molecule has 0 spiro atoms. The normalized spacial score (nSPS) is 20.2. The number of benzene rings is 1. The van der Waals surface area contributed by atoms with Crippen LogP contribution in [0.3, 0.4) is 0 Å². The van der Waals surface area contributed by atoms with Gasteiger partial charge in [0.05, 0.1) is 17.2 Å². The lowest BCUT2D eigenvalue weighted by atomic mass is 9.99. The van der Waals surface area contributed by atoms with Crippen molar-refractivity contribution in [3.05, 3.63) is 28.3 Å². The molecule has 16 heavy (non-hydrogen) atoms. The maximum atomic E-state index is 12.6. The zero-order valence-corrected chi connectivity index (χ0v) is 8.90. The van der Waals surface area contributed by atoms with Crippen molar-refractivity contribution in [2.75, 3.05) is 6.61 Å². The monoisotopic (exact) mass is 251 g/mol. The summed E-state index contributed by atoms with van der Waals surface area (Å²) in [6.07, 6.45) is -3.96. The molecular weight excluding hydrogens is 243 g/mol. The van der Waals surface area contributed by atoms with Crippen molar-refractivity contribution in [3.63, 3.8) is 0 Å². The summed E-state index contributed by atoms with van der Waals surface area (Å²) in [6, 6.07) is 1.72. The molecule has 1 atom stereocenters. The first-order valence-corrected chi connectivity index (χ1v) is 5.06. The first-order chi connectivity index (χ1) is 7.39. The van der Waals surface area contributed by atoms with Crippen molar-refractivity contribution in [2.24, 2.45) is 5.73 Å². The van der Waals surface area contributed by atoms with Gasteiger partial charge < -0.3 is 10.5 Å². The second kappa shape index (κ2) is 3.82. The van der Waals surface area contributed by atoms with E-state index in [0.29, 0.717) is 24.3 Å². The number of hydrogen-bond donors (Lipinski definition) is 1. The topological polar surface area (TPSA) is 35.2 Å². The van der Waals surface area contributed by atoms with Crippen molar-refractivity contribution >= 4 is 11.6 Å². The van der Waals surface area contributed by atoms with Crippen LogP contribution in [-0.2, 0) is 6.18 Å². The zero-order chi connectivity index (χ0) is 11.9. The van der Waals surface area contributed by atoms with Gasteiger partial charge in [0.2, 0.25) is 0 Å². The number of hydrogen-bond acceptors (Lipinski definition) is 2. The van der Waals surface area contributed by atoms with Crippen molar-refractivity contribution in [2.45, 2.75) is 18.6 Å². The van der Waals surface area contributed by atoms with Gasteiger partial charge in [-0.25, -0.2) is 0 Å². The molecule has 2 N–H and O–H groups in total. The molecule has 0 amide bonds. The molecular formula is C10H9ClF3NO. The van der Waals surface area contributed by atoms with E-state index in [4.69, 9.17) is 22.1 Å². The van der Waals surface area contributed by atoms with Gasteiger partial charge in [-0.3, -0.25) is 0 Å². The first kappa shape index (κ1) is 11.5. The Balaban J connectivity index is 2.54. The van der Waals surface area contributed by atoms with Gasteiger partial charge in [0.15, 0.2) is 0 Å². The fraction of sp³-hybridized carbons (Fsp3) is 0.400. The minimum atomic E-state index is -4.47. The molecule has 1 heterocycles. The second-order valence-corrected chi connectivity index (χ2v) is 4.02. The third-order valence-corrected chi connectivity index (χ3v) is 2.80. The molecule has 0 bridgehead atoms. The van der Waals surface area contributed by atoms with E-state index >= 15 is 0 Å². The van der Waals surface area contributed by atoms with E-state index in [0.717, 1.165) is 6.07 Å². The smallest absolute Gasteiger partial charge is 0.417 e. The lowest BCUT2D eigenvalue weighted by Gasteiger charge is -2.24. The lowest BCUT2D eigenvalue weighted by molar-refractivity contribution is -0.137. The van der Waals surface area contributed by atoms with Gasteiger partial charge in [0.25, 0.3) is 0 Å². The van der Waals surface area contributed by atoms with Crippen LogP contribution in [0.1, 0.15) is 23.6 Å². The van der Waals surface area contributed by atoms with Crippen LogP contribution in [0.4, 0.5) is 13.2 Å². The predicted octanol–water partition coefficient (Wildman–Crippen LogP) is 3.14. The summed E-state index contributed by atoms with van der Waals surface area (Å²) in [7, 11) is 0. The maximum absolute atomic E-state index is 12.6. The summed E-state index contributed by atoms with van der Waals surface area (Å²) in [6.45, 7) is 0.399. The highest BCUT2D eigenvalue weighted by Gasteiger charge is 2.35. The molecule has 1 aromatic carbocycles. The average molecular weight is 252 g/mol. The maximum Gasteiger partial charge on any atom is 0.417 e. The van der Waals surface area contributed by atoms with Crippen LogP contribution >= 0.6 is 11.6 Å². The fourth-order valence-electron chi connectivity index (χ4n) is 1.66. The van der Waals surface area contributed by atoms with Gasteiger partial charge in [-0.1, -0.05) is 11.6 Å². The Morgan fingerprint density at radius 1 is 1.38 bits per heavy atom. The summed E-state index contributed by atoms with van der Waals surface area (Å²) in [4.78, 5) is 0. The van der Waals surface area contributed by atoms with Gasteiger partial charge in [-0.05, 0) is 12.1 Å². The van der Waals surface area contributed by atoms with Crippen LogP contribution in [-0.4, -0.2) is 6.61 Å². The van der Waals surface area contributed by atoms with Crippen molar-refractivity contribution in [1.82, 2.24) is 0 Å². The van der Waals surface area contributed by atoms with Gasteiger partial charge in [0.1, 0.15) is 5.75 Å². The van der Waals surface area contributed by atoms with Crippen molar-refractivity contribution in [3.8, 4) is 5.75 Å². The van der Waals surface area contributed by atoms with Gasteiger partial charge in [-0.15, -0.1) is 0 Å². The molecule has 6 heteroatoms. The van der Waals surface area contributed by atoms with E-state index < -0.39 is 17.8 Å². The van der Waals surface area contributed by atoms with E-state index in [-0.39, 0.29) is 5.02 Å². The molecule has 88 valence electrons. The number of rotatable bonds is 0.